The van der Waals surface area contributed by atoms with Crippen molar-refractivity contribution in [1.29, 1.82) is 0 Å². The number of fused-ring (bicyclic) bond motifs is 1. The van der Waals surface area contributed by atoms with Crippen molar-refractivity contribution in [2.45, 2.75) is 18.3 Å². The summed E-state index contributed by atoms with van der Waals surface area (Å²) < 4.78 is 28.7. The Labute approximate surface area is 170 Å². The second-order valence-electron chi connectivity index (χ2n) is 6.32. The van der Waals surface area contributed by atoms with Gasteiger partial charge in [0.25, 0.3) is 0 Å². The predicted octanol–water partition coefficient (Wildman–Crippen LogP) is 2.78. The highest BCUT2D eigenvalue weighted by Gasteiger charge is 2.24. The summed E-state index contributed by atoms with van der Waals surface area (Å²) in [5.41, 5.74) is 1.72. The van der Waals surface area contributed by atoms with Gasteiger partial charge in [0.05, 0.1) is 16.8 Å². The molecule has 0 aliphatic rings. The number of para-hydroxylation sites is 2. The van der Waals surface area contributed by atoms with E-state index in [0.29, 0.717) is 5.75 Å². The molecule has 29 heavy (non-hydrogen) atoms. The Kier molecular flexibility index (Phi) is 6.48. The van der Waals surface area contributed by atoms with Crippen LogP contribution in [0.25, 0.3) is 11.0 Å². The predicted molar refractivity (Wildman–Crippen MR) is 108 cm³/mol. The topological polar surface area (TPSA) is 76.0 Å². The molecule has 0 radical (unpaired) electrons. The number of amides is 2. The summed E-state index contributed by atoms with van der Waals surface area (Å²) in [6, 6.07) is 9.40. The van der Waals surface area contributed by atoms with E-state index in [9.17, 15) is 18.4 Å². The fourth-order valence-corrected chi connectivity index (χ4v) is 3.51. The van der Waals surface area contributed by atoms with Gasteiger partial charge in [-0.2, -0.15) is 11.8 Å². The highest BCUT2D eigenvalue weighted by Crippen LogP contribution is 2.20. The highest BCUT2D eigenvalue weighted by atomic mass is 32.2. The van der Waals surface area contributed by atoms with Gasteiger partial charge in [-0.1, -0.05) is 18.2 Å². The molecule has 1 unspecified atom stereocenters. The Morgan fingerprint density at radius 3 is 2.62 bits per heavy atom. The lowest BCUT2D eigenvalue weighted by atomic mass is 10.1. The number of hydrogen-bond acceptors (Lipinski definition) is 4. The van der Waals surface area contributed by atoms with Crippen molar-refractivity contribution in [3.05, 3.63) is 65.5 Å². The molecule has 6 nitrogen and oxygen atoms in total. The molecule has 0 aliphatic heterocycles. The maximum Gasteiger partial charge on any atom is 0.246 e. The molecule has 1 aromatic heterocycles. The standard InChI is InChI=1S/C20H20F2N4O2S/c1-23-20(28)19(12-7-8-13(21)14(22)9-12)25-18(27)10-26-16-6-4-3-5-15(16)24-17(26)11-29-2/h3-9,19H,10-11H2,1-2H3,(H,23,28)(H,25,27). The molecule has 0 bridgehead atoms. The average Bonchev–Trinajstić information content (AvgIpc) is 3.05. The monoisotopic (exact) mass is 418 g/mol. The van der Waals surface area contributed by atoms with Crippen molar-refractivity contribution >= 4 is 34.6 Å². The molecule has 1 atom stereocenters. The van der Waals surface area contributed by atoms with Crippen LogP contribution in [0.15, 0.2) is 42.5 Å². The van der Waals surface area contributed by atoms with E-state index in [-0.39, 0.29) is 12.1 Å². The van der Waals surface area contributed by atoms with Crippen LogP contribution < -0.4 is 10.6 Å². The van der Waals surface area contributed by atoms with Gasteiger partial charge in [-0.05, 0) is 36.1 Å². The molecule has 2 amide bonds. The first kappa shape index (κ1) is 20.8. The zero-order chi connectivity index (χ0) is 21.0. The Balaban J connectivity index is 1.87. The summed E-state index contributed by atoms with van der Waals surface area (Å²) in [7, 11) is 1.40. The van der Waals surface area contributed by atoms with Gasteiger partial charge in [-0.25, -0.2) is 13.8 Å². The van der Waals surface area contributed by atoms with Crippen LogP contribution in [0, 0.1) is 11.6 Å². The van der Waals surface area contributed by atoms with Gasteiger partial charge in [-0.3, -0.25) is 9.59 Å². The third-order valence-electron chi connectivity index (χ3n) is 4.40. The van der Waals surface area contributed by atoms with Gasteiger partial charge in [0.1, 0.15) is 18.4 Å². The summed E-state index contributed by atoms with van der Waals surface area (Å²) in [5, 5.41) is 5.04. The molecular weight excluding hydrogens is 398 g/mol. The third-order valence-corrected chi connectivity index (χ3v) is 4.95. The molecule has 0 aliphatic carbocycles. The number of rotatable bonds is 7. The van der Waals surface area contributed by atoms with E-state index in [0.717, 1.165) is 29.0 Å². The maximum absolute atomic E-state index is 13.6. The molecule has 3 rings (SSSR count). The van der Waals surface area contributed by atoms with E-state index < -0.39 is 29.5 Å². The summed E-state index contributed by atoms with van der Waals surface area (Å²) in [6.07, 6.45) is 1.94. The minimum absolute atomic E-state index is 0.0619. The van der Waals surface area contributed by atoms with Crippen LogP contribution >= 0.6 is 11.8 Å². The van der Waals surface area contributed by atoms with Crippen molar-refractivity contribution < 1.29 is 18.4 Å². The molecule has 1 heterocycles. The number of nitrogens with zero attached hydrogens (tertiary/aromatic N) is 2. The average molecular weight is 418 g/mol. The minimum atomic E-state index is -1.15. The van der Waals surface area contributed by atoms with Crippen molar-refractivity contribution in [2.75, 3.05) is 13.3 Å². The first-order chi connectivity index (χ1) is 13.9. The van der Waals surface area contributed by atoms with Crippen LogP contribution in [0.1, 0.15) is 17.4 Å². The number of carbonyl (C=O) groups is 2. The van der Waals surface area contributed by atoms with Crippen LogP contribution in [-0.4, -0.2) is 34.7 Å². The molecule has 0 fully saturated rings. The van der Waals surface area contributed by atoms with Gasteiger partial charge >= 0.3 is 0 Å². The lowest BCUT2D eigenvalue weighted by molar-refractivity contribution is -0.129. The second kappa shape index (κ2) is 9.04. The third kappa shape index (κ3) is 4.56. The number of imidazole rings is 1. The lowest BCUT2D eigenvalue weighted by Gasteiger charge is -2.19. The van der Waals surface area contributed by atoms with Gasteiger partial charge < -0.3 is 15.2 Å². The number of halogens is 2. The summed E-state index contributed by atoms with van der Waals surface area (Å²) in [4.78, 5) is 29.6. The normalized spacial score (nSPS) is 12.0. The summed E-state index contributed by atoms with van der Waals surface area (Å²) >= 11 is 1.58. The van der Waals surface area contributed by atoms with Gasteiger partial charge in [0.15, 0.2) is 11.6 Å². The molecular formula is C20H20F2N4O2S. The number of hydrogen-bond donors (Lipinski definition) is 2. The Bertz CT molecular complexity index is 1050. The van der Waals surface area contributed by atoms with Crippen molar-refractivity contribution in [1.82, 2.24) is 20.2 Å². The minimum Gasteiger partial charge on any atom is -0.357 e. The number of likely N-dealkylation sites (N-methyl/N-ethyl adjacent to an activating group) is 1. The Morgan fingerprint density at radius 1 is 1.17 bits per heavy atom. The smallest absolute Gasteiger partial charge is 0.246 e. The van der Waals surface area contributed by atoms with E-state index in [1.807, 2.05) is 30.5 Å². The second-order valence-corrected chi connectivity index (χ2v) is 7.19. The summed E-state index contributed by atoms with van der Waals surface area (Å²) in [6.45, 7) is -0.0619. The zero-order valence-corrected chi connectivity index (χ0v) is 16.7. The van der Waals surface area contributed by atoms with Crippen LogP contribution in [0.4, 0.5) is 8.78 Å². The van der Waals surface area contributed by atoms with E-state index >= 15 is 0 Å². The largest absolute Gasteiger partial charge is 0.357 e. The molecule has 152 valence electrons. The zero-order valence-electron chi connectivity index (χ0n) is 15.9. The number of nitrogens with one attached hydrogen (secondary N) is 2. The van der Waals surface area contributed by atoms with Crippen LogP contribution in [0.5, 0.6) is 0 Å². The van der Waals surface area contributed by atoms with Gasteiger partial charge in [0, 0.05) is 7.05 Å². The first-order valence-electron chi connectivity index (χ1n) is 8.83. The fraction of sp³-hybridized carbons (Fsp3) is 0.250. The molecule has 0 saturated heterocycles. The number of carbonyl (C=O) groups excluding carboxylic acids is 2. The van der Waals surface area contributed by atoms with Crippen LogP contribution in [0.3, 0.4) is 0 Å². The summed E-state index contributed by atoms with van der Waals surface area (Å²) in [5.74, 6) is -1.75. The first-order valence-corrected chi connectivity index (χ1v) is 10.2. The maximum atomic E-state index is 13.6. The Morgan fingerprint density at radius 2 is 1.93 bits per heavy atom. The van der Waals surface area contributed by atoms with Crippen LogP contribution in [0.2, 0.25) is 0 Å². The van der Waals surface area contributed by atoms with Crippen molar-refractivity contribution in [3.8, 4) is 0 Å². The molecule has 3 aromatic rings. The number of aromatic nitrogens is 2. The van der Waals surface area contributed by atoms with E-state index in [1.165, 1.54) is 13.1 Å². The molecule has 0 spiro atoms. The van der Waals surface area contributed by atoms with E-state index in [2.05, 4.69) is 15.6 Å². The van der Waals surface area contributed by atoms with Crippen molar-refractivity contribution in [3.63, 3.8) is 0 Å². The SMILES string of the molecule is CNC(=O)C(NC(=O)Cn1c(CSC)nc2ccccc21)c1ccc(F)c(F)c1. The van der Waals surface area contributed by atoms with E-state index in [1.54, 1.807) is 16.3 Å². The molecule has 9 heteroatoms. The number of thioether (sulfide) groups is 1. The molecule has 2 N–H and O–H groups in total. The lowest BCUT2D eigenvalue weighted by Crippen LogP contribution is -2.40. The molecule has 0 saturated carbocycles. The quantitative estimate of drug-likeness (QED) is 0.619. The van der Waals surface area contributed by atoms with Gasteiger partial charge in [0.2, 0.25) is 11.8 Å². The van der Waals surface area contributed by atoms with Crippen LogP contribution in [-0.2, 0) is 21.9 Å². The van der Waals surface area contributed by atoms with Gasteiger partial charge in [-0.15, -0.1) is 0 Å². The van der Waals surface area contributed by atoms with E-state index in [4.69, 9.17) is 0 Å². The highest BCUT2D eigenvalue weighted by molar-refractivity contribution is 7.97. The fourth-order valence-electron chi connectivity index (χ4n) is 3.03. The molecule has 2 aromatic carbocycles. The Hall–Kier alpha value is -2.94. The van der Waals surface area contributed by atoms with Crippen molar-refractivity contribution in [2.24, 2.45) is 0 Å². The number of benzene rings is 2.